The van der Waals surface area contributed by atoms with Crippen LogP contribution in [0.25, 0.3) is 10.9 Å². The van der Waals surface area contributed by atoms with Gasteiger partial charge in [0.05, 0.1) is 13.2 Å². The van der Waals surface area contributed by atoms with Crippen LogP contribution in [0, 0.1) is 5.92 Å². The number of carbonyl (C=O) groups is 3. The van der Waals surface area contributed by atoms with Gasteiger partial charge in [-0.2, -0.15) is 0 Å². The van der Waals surface area contributed by atoms with E-state index in [2.05, 4.69) is 10.3 Å². The number of ether oxygens (including phenoxy) is 2. The summed E-state index contributed by atoms with van der Waals surface area (Å²) in [5, 5.41) is 3.71. The van der Waals surface area contributed by atoms with Crippen LogP contribution in [0.15, 0.2) is 30.5 Å². The first-order valence-corrected chi connectivity index (χ1v) is 10.7. The molecular weight excluding hydrogens is 398 g/mol. The van der Waals surface area contributed by atoms with Gasteiger partial charge in [-0.05, 0) is 37.3 Å². The summed E-state index contributed by atoms with van der Waals surface area (Å²) < 4.78 is 10.3. The summed E-state index contributed by atoms with van der Waals surface area (Å²) >= 11 is 0. The Hall–Kier alpha value is -2.87. The van der Waals surface area contributed by atoms with E-state index in [0.717, 1.165) is 22.9 Å². The zero-order chi connectivity index (χ0) is 22.8. The first-order valence-electron chi connectivity index (χ1n) is 10.7. The number of aromatic amines is 1. The molecule has 2 rings (SSSR count). The Morgan fingerprint density at radius 3 is 2.55 bits per heavy atom. The van der Waals surface area contributed by atoms with Crippen LogP contribution in [-0.4, -0.2) is 48.1 Å². The first kappa shape index (κ1) is 24.4. The second-order valence-electron chi connectivity index (χ2n) is 7.93. The van der Waals surface area contributed by atoms with Gasteiger partial charge >= 0.3 is 11.9 Å². The van der Waals surface area contributed by atoms with E-state index in [0.29, 0.717) is 12.5 Å². The normalized spacial score (nSPS) is 13.1. The quantitative estimate of drug-likeness (QED) is 0.444. The Bertz CT molecular complexity index is 877. The number of para-hydroxylation sites is 1. The molecule has 0 aliphatic rings. The van der Waals surface area contributed by atoms with Crippen LogP contribution in [0.2, 0.25) is 0 Å². The van der Waals surface area contributed by atoms with Gasteiger partial charge in [-0.15, -0.1) is 0 Å². The van der Waals surface area contributed by atoms with Gasteiger partial charge in [-0.1, -0.05) is 32.0 Å². The molecule has 170 valence electrons. The van der Waals surface area contributed by atoms with Crippen molar-refractivity contribution in [2.45, 2.75) is 58.5 Å². The highest BCUT2D eigenvalue weighted by Gasteiger charge is 2.25. The van der Waals surface area contributed by atoms with Crippen LogP contribution < -0.4 is 11.1 Å². The standard InChI is InChI=1S/C23H33N3O5/c1-4-30-23(29)20(13-16-14-25-19-8-6-5-7-17(16)19)26-21(27)10-9-18(24)22(28)31-12-11-15(2)3/h5-8,14-15,18,20,25H,4,9-13,24H2,1-3H3,(H,26,27). The third-order valence-electron chi connectivity index (χ3n) is 4.93. The van der Waals surface area contributed by atoms with Crippen molar-refractivity contribution in [1.29, 1.82) is 0 Å². The van der Waals surface area contributed by atoms with Gasteiger partial charge in [-0.3, -0.25) is 9.59 Å². The van der Waals surface area contributed by atoms with E-state index >= 15 is 0 Å². The molecule has 4 N–H and O–H groups in total. The average Bonchev–Trinajstić information content (AvgIpc) is 3.14. The van der Waals surface area contributed by atoms with Crippen molar-refractivity contribution < 1.29 is 23.9 Å². The molecule has 8 nitrogen and oxygen atoms in total. The highest BCUT2D eigenvalue weighted by Crippen LogP contribution is 2.19. The minimum Gasteiger partial charge on any atom is -0.465 e. The van der Waals surface area contributed by atoms with Crippen LogP contribution in [0.1, 0.15) is 45.6 Å². The fourth-order valence-electron chi connectivity index (χ4n) is 3.13. The molecule has 0 spiro atoms. The second kappa shape index (κ2) is 12.1. The van der Waals surface area contributed by atoms with Gasteiger partial charge < -0.3 is 25.5 Å². The molecule has 2 unspecified atom stereocenters. The number of rotatable bonds is 12. The van der Waals surface area contributed by atoms with Crippen molar-refractivity contribution >= 4 is 28.7 Å². The summed E-state index contributed by atoms with van der Waals surface area (Å²) in [5.41, 5.74) is 7.70. The Balaban J connectivity index is 1.92. The van der Waals surface area contributed by atoms with Gasteiger partial charge in [0, 0.05) is 29.9 Å². The molecule has 1 aromatic carbocycles. The number of fused-ring (bicyclic) bond motifs is 1. The average molecular weight is 432 g/mol. The lowest BCUT2D eigenvalue weighted by Crippen LogP contribution is -2.44. The monoisotopic (exact) mass is 431 g/mol. The highest BCUT2D eigenvalue weighted by atomic mass is 16.5. The molecule has 2 aromatic rings. The van der Waals surface area contributed by atoms with E-state index in [4.69, 9.17) is 15.2 Å². The number of aromatic nitrogens is 1. The molecule has 0 saturated carbocycles. The van der Waals surface area contributed by atoms with E-state index in [1.807, 2.05) is 44.3 Å². The molecular formula is C23H33N3O5. The third kappa shape index (κ3) is 7.71. The molecule has 1 amide bonds. The lowest BCUT2D eigenvalue weighted by Gasteiger charge is -2.18. The SMILES string of the molecule is CCOC(=O)C(Cc1c[nH]c2ccccc12)NC(=O)CCC(N)C(=O)OCCC(C)C. The fraction of sp³-hybridized carbons (Fsp3) is 0.522. The minimum absolute atomic E-state index is 0.00420. The first-order chi connectivity index (χ1) is 14.8. The molecule has 31 heavy (non-hydrogen) atoms. The molecule has 1 aromatic heterocycles. The number of H-pyrrole nitrogens is 1. The molecule has 0 fully saturated rings. The van der Waals surface area contributed by atoms with Gasteiger partial charge in [0.15, 0.2) is 0 Å². The predicted molar refractivity (Wildman–Crippen MR) is 118 cm³/mol. The number of nitrogens with one attached hydrogen (secondary N) is 2. The number of benzene rings is 1. The van der Waals surface area contributed by atoms with Crippen LogP contribution in [0.4, 0.5) is 0 Å². The molecule has 0 aliphatic heterocycles. The summed E-state index contributed by atoms with van der Waals surface area (Å²) in [4.78, 5) is 40.0. The number of carbonyl (C=O) groups excluding carboxylic acids is 3. The lowest BCUT2D eigenvalue weighted by atomic mass is 10.0. The predicted octanol–water partition coefficient (Wildman–Crippen LogP) is 2.46. The summed E-state index contributed by atoms with van der Waals surface area (Å²) in [6, 6.07) is 6.02. The van der Waals surface area contributed by atoms with E-state index in [1.165, 1.54) is 0 Å². The van der Waals surface area contributed by atoms with Crippen LogP contribution in [0.5, 0.6) is 0 Å². The maximum Gasteiger partial charge on any atom is 0.328 e. The Kier molecular flexibility index (Phi) is 9.52. The number of hydrogen-bond donors (Lipinski definition) is 3. The summed E-state index contributed by atoms with van der Waals surface area (Å²) in [6.07, 6.45) is 3.01. The molecule has 0 saturated heterocycles. The van der Waals surface area contributed by atoms with Crippen molar-refractivity contribution in [3.8, 4) is 0 Å². The third-order valence-corrected chi connectivity index (χ3v) is 4.93. The molecule has 0 aliphatic carbocycles. The van der Waals surface area contributed by atoms with E-state index < -0.39 is 24.0 Å². The smallest absolute Gasteiger partial charge is 0.328 e. The molecule has 2 atom stereocenters. The van der Waals surface area contributed by atoms with E-state index in [9.17, 15) is 14.4 Å². The Labute approximate surface area is 182 Å². The Morgan fingerprint density at radius 1 is 1.10 bits per heavy atom. The summed E-state index contributed by atoms with van der Waals surface area (Å²) in [7, 11) is 0. The maximum atomic E-state index is 12.5. The van der Waals surface area contributed by atoms with Gasteiger partial charge in [0.25, 0.3) is 0 Å². The lowest BCUT2D eigenvalue weighted by molar-refractivity contribution is -0.148. The van der Waals surface area contributed by atoms with Crippen molar-refractivity contribution in [3.05, 3.63) is 36.0 Å². The van der Waals surface area contributed by atoms with Crippen molar-refractivity contribution in [3.63, 3.8) is 0 Å². The highest BCUT2D eigenvalue weighted by molar-refractivity contribution is 5.87. The maximum absolute atomic E-state index is 12.5. The zero-order valence-corrected chi connectivity index (χ0v) is 18.5. The number of amides is 1. The second-order valence-corrected chi connectivity index (χ2v) is 7.93. The van der Waals surface area contributed by atoms with E-state index in [-0.39, 0.29) is 31.8 Å². The van der Waals surface area contributed by atoms with Crippen LogP contribution in [0.3, 0.4) is 0 Å². The molecule has 8 heteroatoms. The molecule has 0 bridgehead atoms. The van der Waals surface area contributed by atoms with Gasteiger partial charge in [0.2, 0.25) is 5.91 Å². The summed E-state index contributed by atoms with van der Waals surface area (Å²) in [6.45, 7) is 6.31. The number of esters is 2. The fourth-order valence-corrected chi connectivity index (χ4v) is 3.13. The molecule has 1 heterocycles. The van der Waals surface area contributed by atoms with Crippen molar-refractivity contribution in [2.75, 3.05) is 13.2 Å². The van der Waals surface area contributed by atoms with Crippen LogP contribution in [-0.2, 0) is 30.3 Å². The van der Waals surface area contributed by atoms with Gasteiger partial charge in [-0.25, -0.2) is 4.79 Å². The topological polar surface area (TPSA) is 124 Å². The van der Waals surface area contributed by atoms with Crippen molar-refractivity contribution in [2.24, 2.45) is 11.7 Å². The van der Waals surface area contributed by atoms with Gasteiger partial charge in [0.1, 0.15) is 12.1 Å². The Morgan fingerprint density at radius 2 is 1.84 bits per heavy atom. The number of nitrogens with two attached hydrogens (primary N) is 1. The molecule has 0 radical (unpaired) electrons. The van der Waals surface area contributed by atoms with Crippen molar-refractivity contribution in [1.82, 2.24) is 10.3 Å². The summed E-state index contributed by atoms with van der Waals surface area (Å²) in [5.74, 6) is -0.970. The number of hydrogen-bond acceptors (Lipinski definition) is 6. The minimum atomic E-state index is -0.882. The van der Waals surface area contributed by atoms with Crippen LogP contribution >= 0.6 is 0 Å². The van der Waals surface area contributed by atoms with E-state index in [1.54, 1.807) is 6.92 Å². The zero-order valence-electron chi connectivity index (χ0n) is 18.5. The largest absolute Gasteiger partial charge is 0.465 e.